The van der Waals surface area contributed by atoms with E-state index in [1.165, 1.54) is 32.1 Å². The van der Waals surface area contributed by atoms with Crippen molar-refractivity contribution >= 4 is 0 Å². The summed E-state index contributed by atoms with van der Waals surface area (Å²) in [6, 6.07) is 7.09. The van der Waals surface area contributed by atoms with Gasteiger partial charge in [0.15, 0.2) is 0 Å². The highest BCUT2D eigenvalue weighted by Gasteiger charge is 2.15. The van der Waals surface area contributed by atoms with Gasteiger partial charge in [0.1, 0.15) is 5.75 Å². The highest BCUT2D eigenvalue weighted by Crippen LogP contribution is 2.25. The van der Waals surface area contributed by atoms with Crippen molar-refractivity contribution in [3.8, 4) is 5.75 Å². The number of benzene rings is 1. The van der Waals surface area contributed by atoms with E-state index >= 15 is 0 Å². The normalized spacial score (nSPS) is 18.2. The van der Waals surface area contributed by atoms with Gasteiger partial charge in [0.05, 0.1) is 0 Å². The molecular weight excluding hydrogens is 260 g/mol. The smallest absolute Gasteiger partial charge is 0.387 e. The number of rotatable bonds is 6. The topological polar surface area (TPSA) is 21.3 Å². The molecule has 0 radical (unpaired) electrons. The van der Waals surface area contributed by atoms with Gasteiger partial charge < -0.3 is 10.1 Å². The van der Waals surface area contributed by atoms with Crippen LogP contribution in [0.4, 0.5) is 8.78 Å². The van der Waals surface area contributed by atoms with Gasteiger partial charge >= 0.3 is 6.61 Å². The zero-order valence-corrected chi connectivity index (χ0v) is 11.9. The average Bonchev–Trinajstić information content (AvgIpc) is 2.45. The zero-order valence-electron chi connectivity index (χ0n) is 11.9. The summed E-state index contributed by atoms with van der Waals surface area (Å²) < 4.78 is 28.9. The summed E-state index contributed by atoms with van der Waals surface area (Å²) >= 11 is 0. The summed E-state index contributed by atoms with van der Waals surface area (Å²) in [6.07, 6.45) is 6.62. The van der Waals surface area contributed by atoms with Crippen LogP contribution in [0.15, 0.2) is 24.3 Å². The Morgan fingerprint density at radius 3 is 2.70 bits per heavy atom. The van der Waals surface area contributed by atoms with Crippen LogP contribution in [0, 0.1) is 5.92 Å². The number of hydrogen-bond donors (Lipinski definition) is 1. The Morgan fingerprint density at radius 2 is 2.00 bits per heavy atom. The van der Waals surface area contributed by atoms with Crippen LogP contribution < -0.4 is 10.1 Å². The van der Waals surface area contributed by atoms with E-state index < -0.39 is 6.61 Å². The Bertz CT molecular complexity index is 405. The molecule has 2 nitrogen and oxygen atoms in total. The molecule has 2 rings (SSSR count). The Balaban J connectivity index is 1.86. The third kappa shape index (κ3) is 4.75. The van der Waals surface area contributed by atoms with Gasteiger partial charge in [-0.15, -0.1) is 0 Å². The fourth-order valence-electron chi connectivity index (χ4n) is 2.81. The van der Waals surface area contributed by atoms with Gasteiger partial charge in [-0.2, -0.15) is 8.78 Å². The van der Waals surface area contributed by atoms with E-state index in [2.05, 4.69) is 17.0 Å². The molecule has 4 heteroatoms. The zero-order chi connectivity index (χ0) is 14.4. The summed E-state index contributed by atoms with van der Waals surface area (Å²) in [6.45, 7) is 0.293. The molecule has 0 aromatic heterocycles. The lowest BCUT2D eigenvalue weighted by Gasteiger charge is -2.24. The minimum atomic E-state index is -2.77. The number of nitrogens with one attached hydrogen (secondary N) is 1. The first kappa shape index (κ1) is 15.2. The SMILES string of the molecule is CC(NCC1CCCCC1)c1cccc(OC(F)F)c1. The van der Waals surface area contributed by atoms with Crippen LogP contribution in [0.5, 0.6) is 5.75 Å². The van der Waals surface area contributed by atoms with Gasteiger partial charge in [-0.1, -0.05) is 31.4 Å². The van der Waals surface area contributed by atoms with Crippen LogP contribution >= 0.6 is 0 Å². The van der Waals surface area contributed by atoms with E-state index in [4.69, 9.17) is 0 Å². The largest absolute Gasteiger partial charge is 0.435 e. The molecule has 1 saturated carbocycles. The van der Waals surface area contributed by atoms with E-state index in [9.17, 15) is 8.78 Å². The fraction of sp³-hybridized carbons (Fsp3) is 0.625. The van der Waals surface area contributed by atoms with Crippen LogP contribution in [0.25, 0.3) is 0 Å². The van der Waals surface area contributed by atoms with Crippen molar-refractivity contribution in [2.45, 2.75) is 51.7 Å². The van der Waals surface area contributed by atoms with E-state index in [1.807, 2.05) is 6.07 Å². The van der Waals surface area contributed by atoms with Crippen LogP contribution in [0.3, 0.4) is 0 Å². The van der Waals surface area contributed by atoms with E-state index in [0.29, 0.717) is 0 Å². The van der Waals surface area contributed by atoms with Crippen molar-refractivity contribution in [1.82, 2.24) is 5.32 Å². The third-order valence-corrected chi connectivity index (χ3v) is 4.02. The van der Waals surface area contributed by atoms with E-state index in [-0.39, 0.29) is 11.8 Å². The maximum Gasteiger partial charge on any atom is 0.387 e. The van der Waals surface area contributed by atoms with Gasteiger partial charge in [0.25, 0.3) is 0 Å². The first-order valence-electron chi connectivity index (χ1n) is 7.43. The molecule has 1 atom stereocenters. The number of ether oxygens (including phenoxy) is 1. The molecule has 0 amide bonds. The maximum absolute atomic E-state index is 12.2. The van der Waals surface area contributed by atoms with Crippen molar-refractivity contribution in [2.24, 2.45) is 5.92 Å². The molecule has 0 heterocycles. The summed E-state index contributed by atoms with van der Waals surface area (Å²) in [5, 5.41) is 3.51. The summed E-state index contributed by atoms with van der Waals surface area (Å²) in [5.74, 6) is 0.982. The van der Waals surface area contributed by atoms with Crippen molar-refractivity contribution in [1.29, 1.82) is 0 Å². The second-order valence-electron chi connectivity index (χ2n) is 5.58. The van der Waals surface area contributed by atoms with E-state index in [1.54, 1.807) is 18.2 Å². The third-order valence-electron chi connectivity index (χ3n) is 4.02. The molecule has 1 aromatic carbocycles. The molecule has 20 heavy (non-hydrogen) atoms. The van der Waals surface area contributed by atoms with Crippen molar-refractivity contribution < 1.29 is 13.5 Å². The molecule has 0 bridgehead atoms. The van der Waals surface area contributed by atoms with Crippen LogP contribution in [-0.2, 0) is 0 Å². The molecule has 0 aliphatic heterocycles. The van der Waals surface area contributed by atoms with Crippen molar-refractivity contribution in [2.75, 3.05) is 6.54 Å². The molecule has 1 unspecified atom stereocenters. The number of alkyl halides is 2. The van der Waals surface area contributed by atoms with Gasteiger partial charge in [-0.3, -0.25) is 0 Å². The highest BCUT2D eigenvalue weighted by molar-refractivity contribution is 5.30. The van der Waals surface area contributed by atoms with Crippen LogP contribution in [-0.4, -0.2) is 13.2 Å². The summed E-state index contributed by atoms with van der Waals surface area (Å²) in [7, 11) is 0. The molecule has 1 aromatic rings. The average molecular weight is 283 g/mol. The number of halogens is 2. The van der Waals surface area contributed by atoms with Gasteiger partial charge in [0, 0.05) is 6.04 Å². The molecule has 0 spiro atoms. The fourth-order valence-corrected chi connectivity index (χ4v) is 2.81. The Kier molecular flexibility index (Phi) is 5.77. The molecule has 1 aliphatic rings. The molecule has 1 fully saturated rings. The number of hydrogen-bond acceptors (Lipinski definition) is 2. The lowest BCUT2D eigenvalue weighted by molar-refractivity contribution is -0.0499. The molecule has 0 saturated heterocycles. The van der Waals surface area contributed by atoms with Crippen LogP contribution in [0.1, 0.15) is 50.6 Å². The minimum Gasteiger partial charge on any atom is -0.435 e. The summed E-state index contributed by atoms with van der Waals surface area (Å²) in [5.41, 5.74) is 0.985. The standard InChI is InChI=1S/C16H23F2NO/c1-12(19-11-13-6-3-2-4-7-13)14-8-5-9-15(10-14)20-16(17)18/h5,8-10,12-13,16,19H,2-4,6-7,11H2,1H3. The minimum absolute atomic E-state index is 0.151. The Hall–Kier alpha value is -1.16. The van der Waals surface area contributed by atoms with Crippen molar-refractivity contribution in [3.05, 3.63) is 29.8 Å². The predicted molar refractivity (Wildman–Crippen MR) is 76.1 cm³/mol. The second-order valence-corrected chi connectivity index (χ2v) is 5.58. The monoisotopic (exact) mass is 283 g/mol. The first-order chi connectivity index (χ1) is 9.65. The summed E-state index contributed by atoms with van der Waals surface area (Å²) in [4.78, 5) is 0. The first-order valence-corrected chi connectivity index (χ1v) is 7.43. The molecule has 1 aliphatic carbocycles. The molecular formula is C16H23F2NO. The van der Waals surface area contributed by atoms with Gasteiger partial charge in [-0.05, 0) is 49.9 Å². The Morgan fingerprint density at radius 1 is 1.25 bits per heavy atom. The second kappa shape index (κ2) is 7.58. The predicted octanol–water partition coefficient (Wildman–Crippen LogP) is 4.52. The molecule has 112 valence electrons. The Labute approximate surface area is 119 Å². The van der Waals surface area contributed by atoms with Gasteiger partial charge in [-0.25, -0.2) is 0 Å². The van der Waals surface area contributed by atoms with Crippen molar-refractivity contribution in [3.63, 3.8) is 0 Å². The van der Waals surface area contributed by atoms with Gasteiger partial charge in [0.2, 0.25) is 0 Å². The van der Waals surface area contributed by atoms with E-state index in [0.717, 1.165) is 18.0 Å². The molecule has 1 N–H and O–H groups in total. The lowest BCUT2D eigenvalue weighted by atomic mass is 9.89. The maximum atomic E-state index is 12.2. The quantitative estimate of drug-likeness (QED) is 0.829. The lowest BCUT2D eigenvalue weighted by Crippen LogP contribution is -2.27. The highest BCUT2D eigenvalue weighted by atomic mass is 19.3. The van der Waals surface area contributed by atoms with Crippen LogP contribution in [0.2, 0.25) is 0 Å².